The van der Waals surface area contributed by atoms with Gasteiger partial charge in [-0.3, -0.25) is 10.1 Å². The molecule has 0 aliphatic heterocycles. The van der Waals surface area contributed by atoms with Gasteiger partial charge >= 0.3 is 0 Å². The lowest BCUT2D eigenvalue weighted by Gasteiger charge is -2.11. The molecule has 0 aliphatic carbocycles. The predicted molar refractivity (Wildman–Crippen MR) is 131 cm³/mol. The number of benzene rings is 3. The molecule has 0 unspecified atom stereocenters. The molecule has 3 aromatic carbocycles. The minimum absolute atomic E-state index is 0.00140. The molecule has 4 aromatic rings. The highest BCUT2D eigenvalue weighted by atomic mass is 35.5. The summed E-state index contributed by atoms with van der Waals surface area (Å²) in [7, 11) is 0. The highest BCUT2D eigenvalue weighted by Crippen LogP contribution is 2.33. The molecule has 0 saturated carbocycles. The van der Waals surface area contributed by atoms with E-state index in [1.807, 2.05) is 18.2 Å². The van der Waals surface area contributed by atoms with E-state index in [4.69, 9.17) is 39.8 Å². The van der Waals surface area contributed by atoms with Crippen LogP contribution in [0.4, 0.5) is 5.69 Å². The number of carbonyl (C=O) groups excluding carboxylic acids is 1. The molecule has 32 heavy (non-hydrogen) atoms. The normalized spacial score (nSPS) is 10.8. The molecule has 0 atom stereocenters. The van der Waals surface area contributed by atoms with Crippen LogP contribution in [0.3, 0.4) is 0 Å². The number of oxazole rings is 1. The number of thiocarbonyl (C=S) groups is 1. The van der Waals surface area contributed by atoms with Crippen LogP contribution in [0, 0.1) is 0 Å². The third-order valence-electron chi connectivity index (χ3n) is 4.75. The van der Waals surface area contributed by atoms with Gasteiger partial charge in [-0.2, -0.15) is 0 Å². The second-order valence-electron chi connectivity index (χ2n) is 6.94. The minimum Gasteiger partial charge on any atom is -0.507 e. The van der Waals surface area contributed by atoms with Crippen molar-refractivity contribution >= 4 is 63.2 Å². The van der Waals surface area contributed by atoms with E-state index in [1.165, 1.54) is 18.2 Å². The highest BCUT2D eigenvalue weighted by Gasteiger charge is 2.16. The minimum atomic E-state index is -0.500. The number of hydrogen-bond donors (Lipinski definition) is 3. The van der Waals surface area contributed by atoms with Gasteiger partial charge in [-0.25, -0.2) is 4.98 Å². The molecule has 1 heterocycles. The van der Waals surface area contributed by atoms with Crippen LogP contribution in [-0.4, -0.2) is 21.1 Å². The summed E-state index contributed by atoms with van der Waals surface area (Å²) in [6.45, 7) is 2.06. The number of amides is 1. The zero-order valence-corrected chi connectivity index (χ0v) is 19.1. The van der Waals surface area contributed by atoms with Crippen molar-refractivity contribution in [2.45, 2.75) is 13.3 Å². The maximum absolute atomic E-state index is 12.5. The second-order valence-corrected chi connectivity index (χ2v) is 8.19. The Morgan fingerprint density at radius 1 is 1.12 bits per heavy atom. The molecule has 1 amide bonds. The van der Waals surface area contributed by atoms with E-state index in [0.717, 1.165) is 12.0 Å². The molecule has 1 aromatic heterocycles. The maximum Gasteiger partial charge on any atom is 0.258 e. The molecular formula is C23H17Cl2N3O3S. The summed E-state index contributed by atoms with van der Waals surface area (Å²) < 4.78 is 5.81. The lowest BCUT2D eigenvalue weighted by atomic mass is 10.1. The van der Waals surface area contributed by atoms with Crippen molar-refractivity contribution in [3.8, 4) is 17.2 Å². The monoisotopic (exact) mass is 485 g/mol. The van der Waals surface area contributed by atoms with Gasteiger partial charge in [0, 0.05) is 10.7 Å². The fraction of sp³-hybridized carbons (Fsp3) is 0.0870. The van der Waals surface area contributed by atoms with E-state index in [0.29, 0.717) is 27.4 Å². The van der Waals surface area contributed by atoms with Crippen molar-refractivity contribution < 1.29 is 14.3 Å². The predicted octanol–water partition coefficient (Wildman–Crippen LogP) is 6.20. The second kappa shape index (κ2) is 9.16. The molecule has 4 rings (SSSR count). The van der Waals surface area contributed by atoms with Gasteiger partial charge < -0.3 is 14.8 Å². The molecule has 0 fully saturated rings. The lowest BCUT2D eigenvalue weighted by Crippen LogP contribution is -2.34. The van der Waals surface area contributed by atoms with E-state index in [9.17, 15) is 9.90 Å². The summed E-state index contributed by atoms with van der Waals surface area (Å²) in [6.07, 6.45) is 0.881. The van der Waals surface area contributed by atoms with Gasteiger partial charge in [0.1, 0.15) is 11.3 Å². The number of aryl methyl sites for hydroxylation is 1. The van der Waals surface area contributed by atoms with Crippen molar-refractivity contribution in [2.24, 2.45) is 0 Å². The van der Waals surface area contributed by atoms with Gasteiger partial charge in [0.15, 0.2) is 10.7 Å². The number of fused-ring (bicyclic) bond motifs is 1. The van der Waals surface area contributed by atoms with Crippen molar-refractivity contribution in [1.82, 2.24) is 10.3 Å². The fourth-order valence-corrected chi connectivity index (χ4v) is 3.68. The number of phenolic OH excluding ortho intramolecular Hbond substituents is 1. The van der Waals surface area contributed by atoms with Gasteiger partial charge in [0.2, 0.25) is 5.89 Å². The number of aromatic nitrogens is 1. The van der Waals surface area contributed by atoms with E-state index in [1.54, 1.807) is 18.2 Å². The Morgan fingerprint density at radius 2 is 1.94 bits per heavy atom. The Morgan fingerprint density at radius 3 is 2.72 bits per heavy atom. The quantitative estimate of drug-likeness (QED) is 0.235. The summed E-state index contributed by atoms with van der Waals surface area (Å²) in [5.41, 5.74) is 3.58. The Kier molecular flexibility index (Phi) is 6.32. The molecule has 0 aliphatic rings. The third kappa shape index (κ3) is 4.70. The summed E-state index contributed by atoms with van der Waals surface area (Å²) >= 11 is 17.2. The summed E-state index contributed by atoms with van der Waals surface area (Å²) in [5, 5.41) is 16.5. The van der Waals surface area contributed by atoms with Crippen LogP contribution in [0.2, 0.25) is 10.0 Å². The van der Waals surface area contributed by atoms with E-state index in [-0.39, 0.29) is 27.3 Å². The van der Waals surface area contributed by atoms with E-state index >= 15 is 0 Å². The van der Waals surface area contributed by atoms with Crippen LogP contribution in [0.15, 0.2) is 59.0 Å². The molecule has 6 nitrogen and oxygen atoms in total. The maximum atomic E-state index is 12.5. The van der Waals surface area contributed by atoms with Crippen molar-refractivity contribution in [2.75, 3.05) is 5.32 Å². The molecular weight excluding hydrogens is 469 g/mol. The number of aromatic hydroxyl groups is 1. The SMILES string of the molecule is CCc1ccc2oc(-c3cc(NC(=S)NC(=O)c4cc(Cl)ccc4Cl)ccc3O)nc2c1. The Bertz CT molecular complexity index is 1350. The third-order valence-corrected chi connectivity index (χ3v) is 5.51. The summed E-state index contributed by atoms with van der Waals surface area (Å²) in [4.78, 5) is 17.0. The van der Waals surface area contributed by atoms with Crippen LogP contribution < -0.4 is 10.6 Å². The first-order chi connectivity index (χ1) is 15.3. The van der Waals surface area contributed by atoms with Crippen molar-refractivity contribution in [3.63, 3.8) is 0 Å². The number of nitrogens with zero attached hydrogens (tertiary/aromatic N) is 1. The first-order valence-electron chi connectivity index (χ1n) is 9.64. The Hall–Kier alpha value is -3.13. The van der Waals surface area contributed by atoms with Crippen LogP contribution in [0.1, 0.15) is 22.8 Å². The van der Waals surface area contributed by atoms with Crippen LogP contribution in [0.5, 0.6) is 5.75 Å². The zero-order valence-electron chi connectivity index (χ0n) is 16.8. The highest BCUT2D eigenvalue weighted by molar-refractivity contribution is 7.80. The van der Waals surface area contributed by atoms with E-state index in [2.05, 4.69) is 22.5 Å². The van der Waals surface area contributed by atoms with Gasteiger partial charge in [-0.05, 0) is 72.7 Å². The molecule has 0 radical (unpaired) electrons. The first kappa shape index (κ1) is 22.1. The van der Waals surface area contributed by atoms with Gasteiger partial charge in [-0.1, -0.05) is 36.2 Å². The molecule has 9 heteroatoms. The molecule has 162 valence electrons. The van der Waals surface area contributed by atoms with Crippen molar-refractivity contribution in [3.05, 3.63) is 75.8 Å². The largest absolute Gasteiger partial charge is 0.507 e. The van der Waals surface area contributed by atoms with Gasteiger partial charge in [-0.15, -0.1) is 0 Å². The van der Waals surface area contributed by atoms with Gasteiger partial charge in [0.25, 0.3) is 5.91 Å². The van der Waals surface area contributed by atoms with Crippen LogP contribution in [-0.2, 0) is 6.42 Å². The summed E-state index contributed by atoms with van der Waals surface area (Å²) in [5.74, 6) is -0.228. The Labute approximate surface area is 199 Å². The topological polar surface area (TPSA) is 87.4 Å². The standard InChI is InChI=1S/C23H17Cl2N3O3S/c1-2-12-3-8-20-18(9-12)27-22(31-20)16-11-14(5-7-19(16)29)26-23(32)28-21(30)15-10-13(24)4-6-17(15)25/h3-11,29H,2H2,1H3,(H2,26,28,30,32). The molecule has 0 spiro atoms. The van der Waals surface area contributed by atoms with Gasteiger partial charge in [0.05, 0.1) is 16.1 Å². The Balaban J connectivity index is 1.54. The lowest BCUT2D eigenvalue weighted by molar-refractivity contribution is 0.0978. The van der Waals surface area contributed by atoms with Crippen LogP contribution >= 0.6 is 35.4 Å². The first-order valence-corrected chi connectivity index (χ1v) is 10.8. The molecule has 0 bridgehead atoms. The van der Waals surface area contributed by atoms with Crippen LogP contribution in [0.25, 0.3) is 22.6 Å². The number of hydrogen-bond acceptors (Lipinski definition) is 5. The molecule has 0 saturated heterocycles. The fourth-order valence-electron chi connectivity index (χ4n) is 3.10. The summed E-state index contributed by atoms with van der Waals surface area (Å²) in [6, 6.07) is 15.1. The average molecular weight is 486 g/mol. The number of rotatable bonds is 4. The number of phenols is 1. The average Bonchev–Trinajstić information content (AvgIpc) is 3.19. The number of nitrogens with one attached hydrogen (secondary N) is 2. The number of anilines is 1. The smallest absolute Gasteiger partial charge is 0.258 e. The van der Waals surface area contributed by atoms with E-state index < -0.39 is 5.91 Å². The zero-order chi connectivity index (χ0) is 22.8. The molecule has 3 N–H and O–H groups in total. The number of halogens is 2. The number of carbonyl (C=O) groups is 1. The van der Waals surface area contributed by atoms with Crippen molar-refractivity contribution in [1.29, 1.82) is 0 Å².